The normalized spacial score (nSPS) is 15.5. The summed E-state index contributed by atoms with van der Waals surface area (Å²) in [4.78, 5) is 16.8. The van der Waals surface area contributed by atoms with E-state index in [0.717, 1.165) is 49.4 Å². The molecule has 1 aliphatic rings. The van der Waals surface area contributed by atoms with E-state index < -0.39 is 0 Å². The van der Waals surface area contributed by atoms with Crippen molar-refractivity contribution in [2.24, 2.45) is 5.73 Å². The topological polar surface area (TPSA) is 49.6 Å². The number of hydrogen-bond donors (Lipinski definition) is 1. The Kier molecular flexibility index (Phi) is 5.38. The fourth-order valence-corrected chi connectivity index (χ4v) is 2.53. The van der Waals surface area contributed by atoms with Crippen LogP contribution < -0.4 is 5.73 Å². The summed E-state index contributed by atoms with van der Waals surface area (Å²) >= 11 is 0. The zero-order chi connectivity index (χ0) is 15.2. The fourth-order valence-electron chi connectivity index (χ4n) is 2.53. The Morgan fingerprint density at radius 3 is 2.57 bits per heavy atom. The van der Waals surface area contributed by atoms with Crippen LogP contribution in [0.25, 0.3) is 0 Å². The number of rotatable bonds is 2. The van der Waals surface area contributed by atoms with Crippen molar-refractivity contribution in [2.45, 2.75) is 13.8 Å². The number of amides is 1. The van der Waals surface area contributed by atoms with Crippen LogP contribution in [0.1, 0.15) is 28.4 Å². The van der Waals surface area contributed by atoms with Crippen LogP contribution in [-0.4, -0.2) is 55.0 Å². The lowest BCUT2D eigenvalue weighted by Gasteiger charge is -2.34. The minimum absolute atomic E-state index is 0.118. The maximum atomic E-state index is 12.5. The van der Waals surface area contributed by atoms with Crippen molar-refractivity contribution in [1.82, 2.24) is 9.80 Å². The summed E-state index contributed by atoms with van der Waals surface area (Å²) in [5.41, 5.74) is 8.09. The Balaban J connectivity index is 2.08. The summed E-state index contributed by atoms with van der Waals surface area (Å²) in [7, 11) is 0. The average Bonchev–Trinajstić information content (AvgIpc) is 2.53. The number of carbonyl (C=O) groups excluding carboxylic acids is 1. The zero-order valence-electron chi connectivity index (χ0n) is 12.9. The van der Waals surface area contributed by atoms with Gasteiger partial charge in [-0.25, -0.2) is 0 Å². The highest BCUT2D eigenvalue weighted by molar-refractivity contribution is 5.94. The molecule has 0 bridgehead atoms. The molecular formula is C17H23N3O. The molecule has 112 valence electrons. The summed E-state index contributed by atoms with van der Waals surface area (Å²) < 4.78 is 0. The quantitative estimate of drug-likeness (QED) is 0.827. The summed E-state index contributed by atoms with van der Waals surface area (Å²) in [5.74, 6) is 5.99. The van der Waals surface area contributed by atoms with Crippen LogP contribution in [0.4, 0.5) is 0 Å². The van der Waals surface area contributed by atoms with E-state index in [-0.39, 0.29) is 5.91 Å². The Morgan fingerprint density at radius 1 is 1.29 bits per heavy atom. The molecule has 4 nitrogen and oxygen atoms in total. The third-order valence-corrected chi connectivity index (χ3v) is 3.91. The molecule has 1 amide bonds. The van der Waals surface area contributed by atoms with Gasteiger partial charge in [0, 0.05) is 37.3 Å². The number of hydrogen-bond acceptors (Lipinski definition) is 3. The molecule has 21 heavy (non-hydrogen) atoms. The largest absolute Gasteiger partial charge is 0.336 e. The number of carbonyl (C=O) groups is 1. The second-order valence-electron chi connectivity index (χ2n) is 5.26. The number of aryl methyl sites for hydroxylation is 1. The molecular weight excluding hydrogens is 262 g/mol. The molecule has 0 aromatic heterocycles. The lowest BCUT2D eigenvalue weighted by atomic mass is 10.0. The average molecular weight is 285 g/mol. The van der Waals surface area contributed by atoms with E-state index in [0.29, 0.717) is 6.54 Å². The van der Waals surface area contributed by atoms with E-state index in [9.17, 15) is 4.79 Å². The lowest BCUT2D eigenvalue weighted by molar-refractivity contribution is 0.0643. The number of nitrogens with two attached hydrogens (primary N) is 1. The van der Waals surface area contributed by atoms with Gasteiger partial charge in [-0.05, 0) is 37.2 Å². The van der Waals surface area contributed by atoms with E-state index in [4.69, 9.17) is 5.73 Å². The van der Waals surface area contributed by atoms with Crippen molar-refractivity contribution in [3.05, 3.63) is 34.9 Å². The SMILES string of the molecule is CCN1CCN(C(=O)c2ccc(C#CCN)c(C)c2)CC1. The van der Waals surface area contributed by atoms with Crippen LogP contribution in [0, 0.1) is 18.8 Å². The second-order valence-corrected chi connectivity index (χ2v) is 5.26. The van der Waals surface area contributed by atoms with Crippen molar-refractivity contribution in [3.8, 4) is 11.8 Å². The lowest BCUT2D eigenvalue weighted by Crippen LogP contribution is -2.48. The maximum absolute atomic E-state index is 12.5. The molecule has 0 radical (unpaired) electrons. The Morgan fingerprint density at radius 2 is 2.00 bits per heavy atom. The molecule has 2 N–H and O–H groups in total. The van der Waals surface area contributed by atoms with Crippen LogP contribution >= 0.6 is 0 Å². The minimum atomic E-state index is 0.118. The highest BCUT2D eigenvalue weighted by Crippen LogP contribution is 2.13. The maximum Gasteiger partial charge on any atom is 0.253 e. The van der Waals surface area contributed by atoms with E-state index in [2.05, 4.69) is 23.7 Å². The molecule has 1 fully saturated rings. The van der Waals surface area contributed by atoms with Gasteiger partial charge in [-0.1, -0.05) is 18.8 Å². The van der Waals surface area contributed by atoms with Gasteiger partial charge < -0.3 is 15.5 Å². The summed E-state index contributed by atoms with van der Waals surface area (Å²) in [5, 5.41) is 0. The van der Waals surface area contributed by atoms with Crippen molar-refractivity contribution in [3.63, 3.8) is 0 Å². The highest BCUT2D eigenvalue weighted by atomic mass is 16.2. The monoisotopic (exact) mass is 285 g/mol. The first-order chi connectivity index (χ1) is 10.2. The predicted molar refractivity (Wildman–Crippen MR) is 85.1 cm³/mol. The van der Waals surface area contributed by atoms with Gasteiger partial charge in [0.1, 0.15) is 0 Å². The number of likely N-dealkylation sites (N-methyl/N-ethyl adjacent to an activating group) is 1. The van der Waals surface area contributed by atoms with E-state index >= 15 is 0 Å². The second kappa shape index (κ2) is 7.26. The molecule has 2 rings (SSSR count). The summed E-state index contributed by atoms with van der Waals surface area (Å²) in [6, 6.07) is 5.70. The van der Waals surface area contributed by atoms with Gasteiger partial charge in [0.2, 0.25) is 0 Å². The third kappa shape index (κ3) is 3.84. The summed E-state index contributed by atoms with van der Waals surface area (Å²) in [6.07, 6.45) is 0. The van der Waals surface area contributed by atoms with Gasteiger partial charge in [-0.2, -0.15) is 0 Å². The molecule has 1 heterocycles. The molecule has 0 aliphatic carbocycles. The zero-order valence-corrected chi connectivity index (χ0v) is 12.9. The first kappa shape index (κ1) is 15.6. The Hall–Kier alpha value is -1.83. The highest BCUT2D eigenvalue weighted by Gasteiger charge is 2.21. The molecule has 1 aliphatic heterocycles. The molecule has 1 aromatic carbocycles. The number of nitrogens with zero attached hydrogens (tertiary/aromatic N) is 2. The Labute approximate surface area is 126 Å². The number of piperazine rings is 1. The van der Waals surface area contributed by atoms with Crippen molar-refractivity contribution in [2.75, 3.05) is 39.3 Å². The first-order valence-corrected chi connectivity index (χ1v) is 7.47. The van der Waals surface area contributed by atoms with Crippen LogP contribution in [0.5, 0.6) is 0 Å². The summed E-state index contributed by atoms with van der Waals surface area (Å²) in [6.45, 7) is 9.06. The van der Waals surface area contributed by atoms with Gasteiger partial charge in [0.15, 0.2) is 0 Å². The molecule has 0 spiro atoms. The minimum Gasteiger partial charge on any atom is -0.336 e. The first-order valence-electron chi connectivity index (χ1n) is 7.47. The smallest absolute Gasteiger partial charge is 0.253 e. The van der Waals surface area contributed by atoms with E-state index in [1.165, 1.54) is 0 Å². The van der Waals surface area contributed by atoms with Crippen molar-refractivity contribution < 1.29 is 4.79 Å². The van der Waals surface area contributed by atoms with Crippen LogP contribution in [0.3, 0.4) is 0 Å². The molecule has 0 saturated carbocycles. The Bertz CT molecular complexity index is 563. The standard InChI is InChI=1S/C17H23N3O/c1-3-19-9-11-20(12-10-19)17(21)16-7-6-15(5-4-8-18)14(2)13-16/h6-7,13H,3,8-12,18H2,1-2H3. The van der Waals surface area contributed by atoms with Crippen molar-refractivity contribution in [1.29, 1.82) is 0 Å². The van der Waals surface area contributed by atoms with Gasteiger partial charge in [0.05, 0.1) is 6.54 Å². The van der Waals surface area contributed by atoms with Gasteiger partial charge >= 0.3 is 0 Å². The van der Waals surface area contributed by atoms with E-state index in [1.807, 2.05) is 30.0 Å². The van der Waals surface area contributed by atoms with Crippen LogP contribution in [0.2, 0.25) is 0 Å². The van der Waals surface area contributed by atoms with Crippen molar-refractivity contribution >= 4 is 5.91 Å². The molecule has 1 saturated heterocycles. The fraction of sp³-hybridized carbons (Fsp3) is 0.471. The van der Waals surface area contributed by atoms with Gasteiger partial charge in [0.25, 0.3) is 5.91 Å². The molecule has 0 unspecified atom stereocenters. The van der Waals surface area contributed by atoms with E-state index in [1.54, 1.807) is 0 Å². The molecule has 4 heteroatoms. The van der Waals surface area contributed by atoms with Gasteiger partial charge in [-0.3, -0.25) is 4.79 Å². The molecule has 0 atom stereocenters. The third-order valence-electron chi connectivity index (χ3n) is 3.91. The van der Waals surface area contributed by atoms with Gasteiger partial charge in [-0.15, -0.1) is 0 Å². The predicted octanol–water partition coefficient (Wildman–Crippen LogP) is 1.08. The van der Waals surface area contributed by atoms with Crippen LogP contribution in [0.15, 0.2) is 18.2 Å². The molecule has 1 aromatic rings. The number of benzene rings is 1. The van der Waals surface area contributed by atoms with Crippen LogP contribution in [-0.2, 0) is 0 Å².